The molecule has 0 saturated carbocycles. The lowest BCUT2D eigenvalue weighted by molar-refractivity contribution is -0.160. The number of methoxy groups -OCH3 is 1. The number of cyclic esters (lactones) is 2. The number of nitrogens with zero attached hydrogens (tertiary/aromatic N) is 1. The van der Waals surface area contributed by atoms with Gasteiger partial charge in [-0.1, -0.05) is 6.07 Å². The van der Waals surface area contributed by atoms with Crippen LogP contribution in [0.5, 0.6) is 5.75 Å². The number of carbonyl (C=O) groups is 2. The molecule has 2 aromatic rings. The molecule has 2 fully saturated rings. The molecule has 0 aliphatic carbocycles. The molecule has 1 aromatic carbocycles. The van der Waals surface area contributed by atoms with Gasteiger partial charge in [0.15, 0.2) is 16.1 Å². The smallest absolute Gasteiger partial charge is 0.324 e. The Labute approximate surface area is 160 Å². The Morgan fingerprint density at radius 2 is 2.15 bits per heavy atom. The zero-order chi connectivity index (χ0) is 19.2. The van der Waals surface area contributed by atoms with Crippen molar-refractivity contribution in [3.05, 3.63) is 35.3 Å². The minimum absolute atomic E-state index is 0.240. The number of rotatable bonds is 4. The summed E-state index contributed by atoms with van der Waals surface area (Å²) in [5.74, 6) is -0.271. The van der Waals surface area contributed by atoms with Crippen LogP contribution in [0.4, 0.5) is 10.8 Å². The molecule has 0 unspecified atom stereocenters. The van der Waals surface area contributed by atoms with Crippen LogP contribution in [0.25, 0.3) is 0 Å². The van der Waals surface area contributed by atoms with Gasteiger partial charge in [0, 0.05) is 30.0 Å². The first-order valence-electron chi connectivity index (χ1n) is 8.66. The fourth-order valence-electron chi connectivity index (χ4n) is 3.75. The predicted molar refractivity (Wildman–Crippen MR) is 99.1 cm³/mol. The van der Waals surface area contributed by atoms with Crippen molar-refractivity contribution in [1.82, 2.24) is 4.98 Å². The first-order valence-corrected chi connectivity index (χ1v) is 9.54. The van der Waals surface area contributed by atoms with Crippen molar-refractivity contribution in [2.75, 3.05) is 12.4 Å². The van der Waals surface area contributed by atoms with Gasteiger partial charge in [-0.05, 0) is 26.0 Å². The standard InChI is InChI=1S/C19H20N2O5S/c1-11-8-19(15(22)25-11)10-18(2,26-16(19)23)14-9-27-17(21-14)20-12-5-4-6-13(7-12)24-3/h4-7,9,11H,8,10H2,1-3H3,(H,20,21)/t11-,18-,19-/m0/s1. The zero-order valence-electron chi connectivity index (χ0n) is 15.3. The molecule has 1 N–H and O–H groups in total. The molecule has 3 heterocycles. The second-order valence-corrected chi connectivity index (χ2v) is 8.05. The van der Waals surface area contributed by atoms with E-state index >= 15 is 0 Å². The Balaban J connectivity index is 1.56. The number of benzene rings is 1. The third-order valence-corrected chi connectivity index (χ3v) is 5.81. The van der Waals surface area contributed by atoms with Crippen LogP contribution in [0, 0.1) is 5.41 Å². The summed E-state index contributed by atoms with van der Waals surface area (Å²) >= 11 is 1.41. The Morgan fingerprint density at radius 1 is 1.33 bits per heavy atom. The molecular weight excluding hydrogens is 368 g/mol. The third-order valence-electron chi connectivity index (χ3n) is 5.05. The molecule has 27 heavy (non-hydrogen) atoms. The number of carbonyl (C=O) groups excluding carboxylic acids is 2. The fourth-order valence-corrected chi connectivity index (χ4v) is 4.60. The van der Waals surface area contributed by atoms with Crippen molar-refractivity contribution in [3.63, 3.8) is 0 Å². The Morgan fingerprint density at radius 3 is 2.85 bits per heavy atom. The molecular formula is C19H20N2O5S. The predicted octanol–water partition coefficient (Wildman–Crippen LogP) is 3.38. The van der Waals surface area contributed by atoms with Crippen LogP contribution in [0.1, 0.15) is 32.4 Å². The largest absolute Gasteiger partial charge is 0.497 e. The summed E-state index contributed by atoms with van der Waals surface area (Å²) in [6, 6.07) is 7.51. The molecule has 7 nitrogen and oxygen atoms in total. The van der Waals surface area contributed by atoms with E-state index in [1.165, 1.54) is 11.3 Å². The summed E-state index contributed by atoms with van der Waals surface area (Å²) in [5, 5.41) is 5.73. The topological polar surface area (TPSA) is 86.8 Å². The normalized spacial score (nSPS) is 29.7. The second-order valence-electron chi connectivity index (χ2n) is 7.19. The SMILES string of the molecule is COc1cccc(Nc2nc([C@]3(C)C[C@]4(C[C@H](C)OC4=O)C(=O)O3)cs2)c1. The third kappa shape index (κ3) is 2.93. The van der Waals surface area contributed by atoms with E-state index in [-0.39, 0.29) is 12.5 Å². The van der Waals surface area contributed by atoms with Crippen molar-refractivity contribution < 1.29 is 23.8 Å². The van der Waals surface area contributed by atoms with E-state index in [2.05, 4.69) is 10.3 Å². The number of anilines is 2. The van der Waals surface area contributed by atoms with Gasteiger partial charge < -0.3 is 19.5 Å². The van der Waals surface area contributed by atoms with Gasteiger partial charge in [-0.15, -0.1) is 11.3 Å². The lowest BCUT2D eigenvalue weighted by Crippen LogP contribution is -2.31. The van der Waals surface area contributed by atoms with Crippen LogP contribution >= 0.6 is 11.3 Å². The van der Waals surface area contributed by atoms with Gasteiger partial charge in [-0.2, -0.15) is 0 Å². The molecule has 2 saturated heterocycles. The molecule has 142 valence electrons. The van der Waals surface area contributed by atoms with Crippen molar-refractivity contribution in [3.8, 4) is 5.75 Å². The van der Waals surface area contributed by atoms with Crippen LogP contribution in [0.3, 0.4) is 0 Å². The number of hydrogen-bond donors (Lipinski definition) is 1. The van der Waals surface area contributed by atoms with Gasteiger partial charge in [-0.25, -0.2) is 4.98 Å². The van der Waals surface area contributed by atoms with Crippen LogP contribution in [-0.2, 0) is 24.7 Å². The van der Waals surface area contributed by atoms with Crippen molar-refractivity contribution in [2.24, 2.45) is 5.41 Å². The average Bonchev–Trinajstić information content (AvgIpc) is 3.27. The lowest BCUT2D eigenvalue weighted by atomic mass is 9.78. The molecule has 2 aliphatic heterocycles. The number of esters is 2. The zero-order valence-corrected chi connectivity index (χ0v) is 16.1. The molecule has 3 atom stereocenters. The fraction of sp³-hybridized carbons (Fsp3) is 0.421. The first kappa shape index (κ1) is 17.8. The Bertz CT molecular complexity index is 913. The van der Waals surface area contributed by atoms with E-state index < -0.39 is 23.0 Å². The summed E-state index contributed by atoms with van der Waals surface area (Å²) in [4.78, 5) is 29.4. The van der Waals surface area contributed by atoms with Crippen molar-refractivity contribution in [1.29, 1.82) is 0 Å². The van der Waals surface area contributed by atoms with Gasteiger partial charge in [0.1, 0.15) is 11.9 Å². The molecule has 0 bridgehead atoms. The van der Waals surface area contributed by atoms with Gasteiger partial charge >= 0.3 is 11.9 Å². The maximum atomic E-state index is 12.5. The maximum Gasteiger partial charge on any atom is 0.324 e. The van der Waals surface area contributed by atoms with Crippen LogP contribution in [-0.4, -0.2) is 30.1 Å². The number of thiazole rings is 1. The van der Waals surface area contributed by atoms with Crippen LogP contribution in [0.15, 0.2) is 29.6 Å². The summed E-state index contributed by atoms with van der Waals surface area (Å²) in [5.41, 5.74) is -0.702. The van der Waals surface area contributed by atoms with E-state index in [9.17, 15) is 9.59 Å². The van der Waals surface area contributed by atoms with Gasteiger partial charge in [0.2, 0.25) is 0 Å². The number of ether oxygens (including phenoxy) is 3. The average molecular weight is 388 g/mol. The Hall–Kier alpha value is -2.61. The van der Waals surface area contributed by atoms with Gasteiger partial charge in [0.05, 0.1) is 12.8 Å². The molecule has 0 amide bonds. The molecule has 2 aliphatic rings. The van der Waals surface area contributed by atoms with E-state index in [0.29, 0.717) is 17.2 Å². The highest BCUT2D eigenvalue weighted by Gasteiger charge is 2.65. The van der Waals surface area contributed by atoms with Crippen molar-refractivity contribution in [2.45, 2.75) is 38.4 Å². The number of hydrogen-bond acceptors (Lipinski definition) is 8. The number of nitrogens with one attached hydrogen (secondary N) is 1. The molecule has 8 heteroatoms. The summed E-state index contributed by atoms with van der Waals surface area (Å²) in [6.07, 6.45) is 0.303. The quantitative estimate of drug-likeness (QED) is 0.635. The molecule has 0 radical (unpaired) electrons. The molecule has 1 spiro atoms. The van der Waals surface area contributed by atoms with Gasteiger partial charge in [0.25, 0.3) is 0 Å². The summed E-state index contributed by atoms with van der Waals surface area (Å²) < 4.78 is 16.1. The van der Waals surface area contributed by atoms with E-state index in [0.717, 1.165) is 11.4 Å². The molecule has 1 aromatic heterocycles. The highest BCUT2D eigenvalue weighted by Crippen LogP contribution is 2.52. The van der Waals surface area contributed by atoms with Crippen LogP contribution in [0.2, 0.25) is 0 Å². The van der Waals surface area contributed by atoms with Crippen LogP contribution < -0.4 is 10.1 Å². The minimum atomic E-state index is -1.21. The second kappa shape index (κ2) is 6.23. The highest BCUT2D eigenvalue weighted by molar-refractivity contribution is 7.13. The summed E-state index contributed by atoms with van der Waals surface area (Å²) in [6.45, 7) is 3.58. The Kier molecular flexibility index (Phi) is 4.10. The van der Waals surface area contributed by atoms with E-state index in [1.54, 1.807) is 21.0 Å². The minimum Gasteiger partial charge on any atom is -0.497 e. The van der Waals surface area contributed by atoms with E-state index in [1.807, 2.05) is 29.6 Å². The highest BCUT2D eigenvalue weighted by atomic mass is 32.1. The maximum absolute atomic E-state index is 12.5. The van der Waals surface area contributed by atoms with Gasteiger partial charge in [-0.3, -0.25) is 9.59 Å². The monoisotopic (exact) mass is 388 g/mol. The first-order chi connectivity index (χ1) is 12.8. The summed E-state index contributed by atoms with van der Waals surface area (Å²) in [7, 11) is 1.61. The number of aromatic nitrogens is 1. The molecule has 4 rings (SSSR count). The lowest BCUT2D eigenvalue weighted by Gasteiger charge is -2.20. The van der Waals surface area contributed by atoms with E-state index in [4.69, 9.17) is 14.2 Å². The van der Waals surface area contributed by atoms with Crippen molar-refractivity contribution >= 4 is 34.1 Å².